The Morgan fingerprint density at radius 1 is 1.33 bits per heavy atom. The normalized spacial score (nSPS) is 28.4. The summed E-state index contributed by atoms with van der Waals surface area (Å²) in [5.41, 5.74) is 6.04. The predicted molar refractivity (Wildman–Crippen MR) is 75.4 cm³/mol. The summed E-state index contributed by atoms with van der Waals surface area (Å²) < 4.78 is 0. The molecule has 1 aliphatic rings. The molecule has 0 spiro atoms. The summed E-state index contributed by atoms with van der Waals surface area (Å²) in [7, 11) is 3.90. The molecular formula is C14H29N3O. The van der Waals surface area contributed by atoms with Crippen LogP contribution in [0.4, 0.5) is 0 Å². The van der Waals surface area contributed by atoms with Crippen molar-refractivity contribution in [1.29, 1.82) is 0 Å². The number of amides is 1. The van der Waals surface area contributed by atoms with Gasteiger partial charge in [0, 0.05) is 25.7 Å². The molecular weight excluding hydrogens is 226 g/mol. The van der Waals surface area contributed by atoms with Crippen LogP contribution in [-0.2, 0) is 4.79 Å². The van der Waals surface area contributed by atoms with Crippen LogP contribution in [0.2, 0.25) is 0 Å². The van der Waals surface area contributed by atoms with Gasteiger partial charge in [0.15, 0.2) is 0 Å². The average molecular weight is 255 g/mol. The van der Waals surface area contributed by atoms with E-state index >= 15 is 0 Å². The molecule has 1 amide bonds. The fourth-order valence-corrected chi connectivity index (χ4v) is 2.71. The van der Waals surface area contributed by atoms with E-state index in [1.54, 1.807) is 4.90 Å². The minimum Gasteiger partial charge on any atom is -0.345 e. The Balaban J connectivity index is 2.62. The lowest BCUT2D eigenvalue weighted by atomic mass is 9.76. The third-order valence-electron chi connectivity index (χ3n) is 4.67. The van der Waals surface area contributed by atoms with Gasteiger partial charge in [0.1, 0.15) is 0 Å². The Kier molecular flexibility index (Phi) is 5.60. The second-order valence-corrected chi connectivity index (χ2v) is 5.87. The molecule has 0 unspecified atom stereocenters. The summed E-state index contributed by atoms with van der Waals surface area (Å²) in [5.74, 6) is 0.985. The molecule has 0 bridgehead atoms. The van der Waals surface area contributed by atoms with E-state index in [9.17, 15) is 4.79 Å². The first-order valence-electron chi connectivity index (χ1n) is 7.10. The van der Waals surface area contributed by atoms with Crippen LogP contribution in [0.1, 0.15) is 39.5 Å². The van der Waals surface area contributed by atoms with Crippen molar-refractivity contribution in [2.24, 2.45) is 11.7 Å². The number of hydrogen-bond donors (Lipinski definition) is 1. The van der Waals surface area contributed by atoms with E-state index < -0.39 is 0 Å². The van der Waals surface area contributed by atoms with E-state index in [4.69, 9.17) is 5.73 Å². The molecule has 0 saturated heterocycles. The standard InChI is InChI=1S/C14H29N3O/c1-5-16(3)13(18)10-17(4)14(11-15)8-6-12(2)7-9-14/h12H,5-11,15H2,1-4H3. The fraction of sp³-hybridized carbons (Fsp3) is 0.929. The molecule has 0 aromatic rings. The number of rotatable bonds is 5. The monoisotopic (exact) mass is 255 g/mol. The smallest absolute Gasteiger partial charge is 0.236 e. The van der Waals surface area contributed by atoms with Crippen molar-refractivity contribution in [1.82, 2.24) is 9.80 Å². The van der Waals surface area contributed by atoms with Gasteiger partial charge >= 0.3 is 0 Å². The highest BCUT2D eigenvalue weighted by atomic mass is 16.2. The van der Waals surface area contributed by atoms with E-state index in [1.165, 1.54) is 12.8 Å². The van der Waals surface area contributed by atoms with Gasteiger partial charge in [-0.1, -0.05) is 6.92 Å². The maximum Gasteiger partial charge on any atom is 0.236 e. The SMILES string of the molecule is CCN(C)C(=O)CN(C)C1(CN)CCC(C)CC1. The van der Waals surface area contributed by atoms with Crippen LogP contribution in [-0.4, -0.2) is 55.0 Å². The van der Waals surface area contributed by atoms with Crippen LogP contribution in [0.25, 0.3) is 0 Å². The zero-order valence-electron chi connectivity index (χ0n) is 12.4. The van der Waals surface area contributed by atoms with Gasteiger partial charge in [-0.05, 0) is 45.6 Å². The van der Waals surface area contributed by atoms with E-state index in [2.05, 4.69) is 11.8 Å². The molecule has 2 N–H and O–H groups in total. The Hall–Kier alpha value is -0.610. The summed E-state index contributed by atoms with van der Waals surface area (Å²) in [6.07, 6.45) is 4.67. The van der Waals surface area contributed by atoms with Crippen molar-refractivity contribution < 1.29 is 4.79 Å². The summed E-state index contributed by atoms with van der Waals surface area (Å²) in [5, 5.41) is 0. The van der Waals surface area contributed by atoms with Crippen molar-refractivity contribution in [3.05, 3.63) is 0 Å². The van der Waals surface area contributed by atoms with E-state index in [-0.39, 0.29) is 11.4 Å². The van der Waals surface area contributed by atoms with Gasteiger partial charge in [-0.3, -0.25) is 9.69 Å². The molecule has 106 valence electrons. The Morgan fingerprint density at radius 3 is 2.33 bits per heavy atom. The maximum atomic E-state index is 12.0. The first-order chi connectivity index (χ1) is 8.45. The Bertz CT molecular complexity index is 272. The molecule has 18 heavy (non-hydrogen) atoms. The lowest BCUT2D eigenvalue weighted by Crippen LogP contribution is -2.56. The van der Waals surface area contributed by atoms with Crippen molar-refractivity contribution >= 4 is 5.91 Å². The molecule has 1 rings (SSSR count). The minimum absolute atomic E-state index is 0.0384. The minimum atomic E-state index is 0.0384. The maximum absolute atomic E-state index is 12.0. The summed E-state index contributed by atoms with van der Waals surface area (Å²) in [4.78, 5) is 16.0. The molecule has 0 aromatic heterocycles. The number of nitrogens with two attached hydrogens (primary N) is 1. The number of carbonyl (C=O) groups excluding carboxylic acids is 1. The van der Waals surface area contributed by atoms with Gasteiger partial charge in [-0.15, -0.1) is 0 Å². The highest BCUT2D eigenvalue weighted by Crippen LogP contribution is 2.34. The highest BCUT2D eigenvalue weighted by molar-refractivity contribution is 5.78. The second-order valence-electron chi connectivity index (χ2n) is 5.87. The van der Waals surface area contributed by atoms with Gasteiger partial charge in [0.05, 0.1) is 6.54 Å². The number of hydrogen-bond acceptors (Lipinski definition) is 3. The summed E-state index contributed by atoms with van der Waals surface area (Å²) in [6.45, 7) is 6.20. The largest absolute Gasteiger partial charge is 0.345 e. The first-order valence-corrected chi connectivity index (χ1v) is 7.10. The molecule has 1 fully saturated rings. The third-order valence-corrected chi connectivity index (χ3v) is 4.67. The van der Waals surface area contributed by atoms with Gasteiger partial charge < -0.3 is 10.6 Å². The van der Waals surface area contributed by atoms with Crippen molar-refractivity contribution in [2.45, 2.75) is 45.1 Å². The van der Waals surface area contributed by atoms with Crippen LogP contribution in [0, 0.1) is 5.92 Å². The van der Waals surface area contributed by atoms with Crippen LogP contribution in [0.15, 0.2) is 0 Å². The zero-order chi connectivity index (χ0) is 13.8. The fourth-order valence-electron chi connectivity index (χ4n) is 2.71. The molecule has 4 heteroatoms. The van der Waals surface area contributed by atoms with Crippen molar-refractivity contribution in [2.75, 3.05) is 33.7 Å². The quantitative estimate of drug-likeness (QED) is 0.805. The molecule has 0 atom stereocenters. The number of nitrogens with zero attached hydrogens (tertiary/aromatic N) is 2. The van der Waals surface area contributed by atoms with E-state index in [1.807, 2.05) is 21.0 Å². The van der Waals surface area contributed by atoms with Crippen LogP contribution in [0.3, 0.4) is 0 Å². The predicted octanol–water partition coefficient (Wildman–Crippen LogP) is 1.30. The molecule has 0 radical (unpaired) electrons. The molecule has 4 nitrogen and oxygen atoms in total. The molecule has 1 aliphatic carbocycles. The molecule has 0 aromatic carbocycles. The van der Waals surface area contributed by atoms with Crippen LogP contribution < -0.4 is 5.73 Å². The van der Waals surface area contributed by atoms with Crippen molar-refractivity contribution in [3.8, 4) is 0 Å². The van der Waals surface area contributed by atoms with Crippen molar-refractivity contribution in [3.63, 3.8) is 0 Å². The van der Waals surface area contributed by atoms with Gasteiger partial charge in [0.25, 0.3) is 0 Å². The van der Waals surface area contributed by atoms with Gasteiger partial charge in [0.2, 0.25) is 5.91 Å². The van der Waals surface area contributed by atoms with E-state index in [0.29, 0.717) is 13.1 Å². The topological polar surface area (TPSA) is 49.6 Å². The Morgan fingerprint density at radius 2 is 1.89 bits per heavy atom. The summed E-state index contributed by atoms with van der Waals surface area (Å²) >= 11 is 0. The van der Waals surface area contributed by atoms with Crippen LogP contribution >= 0.6 is 0 Å². The van der Waals surface area contributed by atoms with Gasteiger partial charge in [-0.2, -0.15) is 0 Å². The zero-order valence-corrected chi connectivity index (χ0v) is 12.4. The lowest BCUT2D eigenvalue weighted by Gasteiger charge is -2.45. The third kappa shape index (κ3) is 3.45. The molecule has 1 saturated carbocycles. The summed E-state index contributed by atoms with van der Waals surface area (Å²) in [6, 6.07) is 0. The Labute approximate surface area is 111 Å². The highest BCUT2D eigenvalue weighted by Gasteiger charge is 2.37. The first kappa shape index (κ1) is 15.4. The van der Waals surface area contributed by atoms with Gasteiger partial charge in [-0.25, -0.2) is 0 Å². The van der Waals surface area contributed by atoms with Crippen LogP contribution in [0.5, 0.6) is 0 Å². The second kappa shape index (κ2) is 6.53. The molecule has 0 heterocycles. The molecule has 0 aliphatic heterocycles. The van der Waals surface area contributed by atoms with E-state index in [0.717, 1.165) is 25.3 Å². The number of likely N-dealkylation sites (N-methyl/N-ethyl adjacent to an activating group) is 2. The number of carbonyl (C=O) groups is 1. The lowest BCUT2D eigenvalue weighted by molar-refractivity contribution is -0.132. The average Bonchev–Trinajstić information content (AvgIpc) is 2.38.